The largest absolute Gasteiger partial charge is 0.494 e. The second-order valence-electron chi connectivity index (χ2n) is 5.45. The van der Waals surface area contributed by atoms with Crippen molar-refractivity contribution in [3.63, 3.8) is 0 Å². The molecule has 1 aromatic rings. The highest BCUT2D eigenvalue weighted by atomic mass is 16.5. The maximum absolute atomic E-state index is 12.0. The molecule has 2 rings (SSSR count). The van der Waals surface area contributed by atoms with E-state index in [9.17, 15) is 9.59 Å². The van der Waals surface area contributed by atoms with E-state index in [0.717, 1.165) is 17.9 Å². The van der Waals surface area contributed by atoms with Crippen LogP contribution in [0.5, 0.6) is 5.75 Å². The quantitative estimate of drug-likeness (QED) is 0.535. The molecule has 0 spiro atoms. The first-order valence-corrected chi connectivity index (χ1v) is 8.07. The molecule has 1 heterocycles. The summed E-state index contributed by atoms with van der Waals surface area (Å²) in [4.78, 5) is 22.9. The molecule has 0 radical (unpaired) electrons. The van der Waals surface area contributed by atoms with E-state index < -0.39 is 6.10 Å². The van der Waals surface area contributed by atoms with Gasteiger partial charge >= 0.3 is 5.97 Å². The minimum atomic E-state index is -0.420. The monoisotopic (exact) mass is 336 g/mol. The summed E-state index contributed by atoms with van der Waals surface area (Å²) >= 11 is 0. The Morgan fingerprint density at radius 3 is 2.79 bits per heavy atom. The van der Waals surface area contributed by atoms with E-state index in [0.29, 0.717) is 39.1 Å². The molecule has 1 saturated heterocycles. The average molecular weight is 336 g/mol. The van der Waals surface area contributed by atoms with Crippen LogP contribution in [0.3, 0.4) is 0 Å². The van der Waals surface area contributed by atoms with Gasteiger partial charge in [0.05, 0.1) is 20.3 Å². The Labute approximate surface area is 141 Å². The van der Waals surface area contributed by atoms with E-state index in [4.69, 9.17) is 9.47 Å². The van der Waals surface area contributed by atoms with Crippen molar-refractivity contribution in [1.82, 2.24) is 10.6 Å². The van der Waals surface area contributed by atoms with Gasteiger partial charge in [-0.3, -0.25) is 9.59 Å². The summed E-state index contributed by atoms with van der Waals surface area (Å²) in [5.74, 6) is 0.391. The van der Waals surface area contributed by atoms with E-state index in [1.165, 1.54) is 7.11 Å². The molecule has 0 saturated carbocycles. The summed E-state index contributed by atoms with van der Waals surface area (Å²) in [5, 5.41) is 5.99. The van der Waals surface area contributed by atoms with Crippen LogP contribution in [0, 0.1) is 0 Å². The van der Waals surface area contributed by atoms with Crippen LogP contribution < -0.4 is 15.4 Å². The summed E-state index contributed by atoms with van der Waals surface area (Å²) in [6.07, 6.45) is 0.537. The zero-order valence-corrected chi connectivity index (χ0v) is 13.9. The van der Waals surface area contributed by atoms with Gasteiger partial charge in [0.15, 0.2) is 0 Å². The van der Waals surface area contributed by atoms with Gasteiger partial charge in [0, 0.05) is 26.1 Å². The Kier molecular flexibility index (Phi) is 7.51. The van der Waals surface area contributed by atoms with Gasteiger partial charge in [-0.1, -0.05) is 12.1 Å². The summed E-state index contributed by atoms with van der Waals surface area (Å²) in [5.41, 5.74) is 0.981. The van der Waals surface area contributed by atoms with Crippen LogP contribution >= 0.6 is 0 Å². The van der Waals surface area contributed by atoms with Crippen LogP contribution in [0.25, 0.3) is 0 Å². The summed E-state index contributed by atoms with van der Waals surface area (Å²) in [6, 6.07) is 7.49. The molecule has 1 amide bonds. The smallest absolute Gasteiger partial charge is 0.305 e. The SMILES string of the molecule is COC(=O)CCCOc1ccc(CNC(=O)C2CNCCO2)cc1. The third-order valence-corrected chi connectivity index (χ3v) is 3.63. The Hall–Kier alpha value is -2.12. The van der Waals surface area contributed by atoms with Crippen LogP contribution in [-0.4, -0.2) is 51.4 Å². The molecule has 1 fully saturated rings. The maximum Gasteiger partial charge on any atom is 0.305 e. The van der Waals surface area contributed by atoms with E-state index in [2.05, 4.69) is 15.4 Å². The molecule has 1 atom stereocenters. The number of ether oxygens (including phenoxy) is 3. The van der Waals surface area contributed by atoms with E-state index in [1.807, 2.05) is 24.3 Å². The first-order chi connectivity index (χ1) is 11.7. The zero-order valence-electron chi connectivity index (χ0n) is 13.9. The molecule has 1 unspecified atom stereocenters. The molecule has 2 N–H and O–H groups in total. The zero-order chi connectivity index (χ0) is 17.2. The number of nitrogens with one attached hydrogen (secondary N) is 2. The van der Waals surface area contributed by atoms with Crippen molar-refractivity contribution < 1.29 is 23.8 Å². The molecule has 0 aliphatic carbocycles. The minimum Gasteiger partial charge on any atom is -0.494 e. The number of morpholine rings is 1. The number of rotatable bonds is 8. The molecule has 1 aliphatic rings. The van der Waals surface area contributed by atoms with Gasteiger partial charge in [0.1, 0.15) is 11.9 Å². The minimum absolute atomic E-state index is 0.106. The summed E-state index contributed by atoms with van der Waals surface area (Å²) < 4.78 is 15.5. The fraction of sp³-hybridized carbons (Fsp3) is 0.529. The number of benzene rings is 1. The fourth-order valence-corrected chi connectivity index (χ4v) is 2.25. The Bertz CT molecular complexity index is 526. The van der Waals surface area contributed by atoms with Crippen molar-refractivity contribution in [2.24, 2.45) is 0 Å². The summed E-state index contributed by atoms with van der Waals surface area (Å²) in [7, 11) is 1.37. The lowest BCUT2D eigenvalue weighted by atomic mass is 10.2. The Morgan fingerprint density at radius 2 is 2.12 bits per heavy atom. The van der Waals surface area contributed by atoms with E-state index in [1.54, 1.807) is 0 Å². The van der Waals surface area contributed by atoms with Crippen molar-refractivity contribution in [3.05, 3.63) is 29.8 Å². The normalized spacial score (nSPS) is 17.1. The molecule has 1 aliphatic heterocycles. The lowest BCUT2D eigenvalue weighted by molar-refractivity contribution is -0.140. The number of carbonyl (C=O) groups excluding carboxylic acids is 2. The second kappa shape index (κ2) is 9.89. The number of hydrogen-bond acceptors (Lipinski definition) is 6. The number of methoxy groups -OCH3 is 1. The number of amides is 1. The molecule has 0 aromatic heterocycles. The Balaban J connectivity index is 1.67. The topological polar surface area (TPSA) is 85.9 Å². The van der Waals surface area contributed by atoms with Gasteiger partial charge in [-0.25, -0.2) is 0 Å². The fourth-order valence-electron chi connectivity index (χ4n) is 2.25. The first-order valence-electron chi connectivity index (χ1n) is 8.07. The van der Waals surface area contributed by atoms with E-state index in [-0.39, 0.29) is 11.9 Å². The van der Waals surface area contributed by atoms with Crippen molar-refractivity contribution in [2.75, 3.05) is 33.4 Å². The van der Waals surface area contributed by atoms with Crippen molar-refractivity contribution >= 4 is 11.9 Å². The van der Waals surface area contributed by atoms with Gasteiger partial charge in [0.25, 0.3) is 5.91 Å². The van der Waals surface area contributed by atoms with Gasteiger partial charge in [-0.2, -0.15) is 0 Å². The molecule has 24 heavy (non-hydrogen) atoms. The number of hydrogen-bond donors (Lipinski definition) is 2. The molecule has 1 aromatic carbocycles. The standard InChI is InChI=1S/C17H24N2O5/c1-22-16(20)3-2-9-23-14-6-4-13(5-7-14)11-19-17(21)15-12-18-8-10-24-15/h4-7,15,18H,2-3,8-12H2,1H3,(H,19,21). The molecular formula is C17H24N2O5. The van der Waals surface area contributed by atoms with Crippen LogP contribution in [0.15, 0.2) is 24.3 Å². The molecular weight excluding hydrogens is 312 g/mol. The van der Waals surface area contributed by atoms with Gasteiger partial charge in [-0.05, 0) is 24.1 Å². The van der Waals surface area contributed by atoms with Gasteiger partial charge in [0.2, 0.25) is 0 Å². The first kappa shape index (κ1) is 18.2. The predicted octanol–water partition coefficient (Wildman–Crippen LogP) is 0.623. The lowest BCUT2D eigenvalue weighted by Crippen LogP contribution is -2.47. The molecule has 7 heteroatoms. The summed E-state index contributed by atoms with van der Waals surface area (Å²) in [6.45, 7) is 2.79. The highest BCUT2D eigenvalue weighted by Crippen LogP contribution is 2.13. The van der Waals surface area contributed by atoms with Crippen molar-refractivity contribution in [3.8, 4) is 5.75 Å². The molecule has 132 valence electrons. The third-order valence-electron chi connectivity index (χ3n) is 3.63. The third kappa shape index (κ3) is 6.17. The average Bonchev–Trinajstić information content (AvgIpc) is 2.64. The van der Waals surface area contributed by atoms with Crippen LogP contribution in [0.1, 0.15) is 18.4 Å². The predicted molar refractivity (Wildman–Crippen MR) is 87.6 cm³/mol. The van der Waals surface area contributed by atoms with Gasteiger partial charge in [-0.15, -0.1) is 0 Å². The second-order valence-corrected chi connectivity index (χ2v) is 5.45. The Morgan fingerprint density at radius 1 is 1.33 bits per heavy atom. The lowest BCUT2D eigenvalue weighted by Gasteiger charge is -2.22. The molecule has 0 bridgehead atoms. The molecule has 7 nitrogen and oxygen atoms in total. The van der Waals surface area contributed by atoms with Crippen LogP contribution in [-0.2, 0) is 25.6 Å². The number of carbonyl (C=O) groups is 2. The van der Waals surface area contributed by atoms with Crippen molar-refractivity contribution in [2.45, 2.75) is 25.5 Å². The van der Waals surface area contributed by atoms with E-state index >= 15 is 0 Å². The maximum atomic E-state index is 12.0. The van der Waals surface area contributed by atoms with Crippen LogP contribution in [0.2, 0.25) is 0 Å². The highest BCUT2D eigenvalue weighted by molar-refractivity contribution is 5.81. The van der Waals surface area contributed by atoms with Crippen molar-refractivity contribution in [1.29, 1.82) is 0 Å². The van der Waals surface area contributed by atoms with Crippen LogP contribution in [0.4, 0.5) is 0 Å². The number of esters is 1. The van der Waals surface area contributed by atoms with Gasteiger partial charge < -0.3 is 24.8 Å². The highest BCUT2D eigenvalue weighted by Gasteiger charge is 2.21.